The second-order valence-electron chi connectivity index (χ2n) is 5.68. The van der Waals surface area contributed by atoms with Gasteiger partial charge >= 0.3 is 0 Å². The van der Waals surface area contributed by atoms with Crippen LogP contribution in [0.25, 0.3) is 0 Å². The van der Waals surface area contributed by atoms with Gasteiger partial charge in [-0.3, -0.25) is 4.79 Å². The van der Waals surface area contributed by atoms with Crippen LogP contribution < -0.4 is 4.74 Å². The smallest absolute Gasteiger partial charge is 0.277 e. The number of methoxy groups -OCH3 is 1. The lowest BCUT2D eigenvalue weighted by molar-refractivity contribution is 0.102. The highest BCUT2D eigenvalue weighted by Gasteiger charge is 2.21. The van der Waals surface area contributed by atoms with E-state index in [2.05, 4.69) is 10.2 Å². The van der Waals surface area contributed by atoms with Crippen molar-refractivity contribution in [1.82, 2.24) is 10.2 Å². The van der Waals surface area contributed by atoms with Gasteiger partial charge in [0.1, 0.15) is 5.75 Å². The molecule has 1 aliphatic carbocycles. The second kappa shape index (κ2) is 7.64. The minimum Gasteiger partial charge on any atom is -0.497 e. The van der Waals surface area contributed by atoms with Crippen molar-refractivity contribution in [3.8, 4) is 5.75 Å². The zero-order valence-electron chi connectivity index (χ0n) is 13.2. The minimum absolute atomic E-state index is 0.0197. The summed E-state index contributed by atoms with van der Waals surface area (Å²) in [4.78, 5) is 12.2. The van der Waals surface area contributed by atoms with Crippen LogP contribution in [0, 0.1) is 0 Å². The van der Waals surface area contributed by atoms with Crippen molar-refractivity contribution in [2.75, 3.05) is 12.9 Å². The third-order valence-electron chi connectivity index (χ3n) is 4.09. The van der Waals surface area contributed by atoms with Crippen LogP contribution in [-0.4, -0.2) is 28.8 Å². The number of thioether (sulfide) groups is 1. The molecule has 0 bridgehead atoms. The molecule has 1 heterocycles. The summed E-state index contributed by atoms with van der Waals surface area (Å²) in [5.74, 6) is 2.09. The molecular weight excluding hydrogens is 312 g/mol. The Morgan fingerprint density at radius 2 is 2.13 bits per heavy atom. The predicted molar refractivity (Wildman–Crippen MR) is 88.2 cm³/mol. The lowest BCUT2D eigenvalue weighted by atomic mass is 9.89. The molecule has 0 aliphatic heterocycles. The molecule has 0 unspecified atom stereocenters. The van der Waals surface area contributed by atoms with Crippen molar-refractivity contribution in [2.45, 2.75) is 43.2 Å². The molecule has 23 heavy (non-hydrogen) atoms. The minimum atomic E-state index is 0.0197. The van der Waals surface area contributed by atoms with E-state index >= 15 is 0 Å². The summed E-state index contributed by atoms with van der Waals surface area (Å²) in [6, 6.07) is 7.15. The fourth-order valence-corrected chi connectivity index (χ4v) is 3.46. The van der Waals surface area contributed by atoms with Crippen LogP contribution >= 0.6 is 11.8 Å². The maximum absolute atomic E-state index is 12.2. The molecule has 1 aromatic carbocycles. The number of rotatable bonds is 6. The van der Waals surface area contributed by atoms with E-state index in [4.69, 9.17) is 9.15 Å². The van der Waals surface area contributed by atoms with Gasteiger partial charge in [-0.2, -0.15) is 0 Å². The van der Waals surface area contributed by atoms with Gasteiger partial charge in [-0.25, -0.2) is 0 Å². The Morgan fingerprint density at radius 1 is 1.30 bits per heavy atom. The number of benzene rings is 1. The summed E-state index contributed by atoms with van der Waals surface area (Å²) in [7, 11) is 1.59. The summed E-state index contributed by atoms with van der Waals surface area (Å²) in [6.45, 7) is 0. The summed E-state index contributed by atoms with van der Waals surface area (Å²) in [6.07, 6.45) is 5.99. The zero-order chi connectivity index (χ0) is 16.1. The molecule has 1 saturated carbocycles. The van der Waals surface area contributed by atoms with E-state index in [1.165, 1.54) is 31.0 Å². The highest BCUT2D eigenvalue weighted by atomic mass is 32.2. The molecular formula is C17H20N2O3S. The van der Waals surface area contributed by atoms with E-state index in [0.717, 1.165) is 18.7 Å². The fraction of sp³-hybridized carbons (Fsp3) is 0.471. The van der Waals surface area contributed by atoms with Gasteiger partial charge in [0.25, 0.3) is 5.22 Å². The van der Waals surface area contributed by atoms with Crippen molar-refractivity contribution in [3.05, 3.63) is 35.7 Å². The van der Waals surface area contributed by atoms with Crippen LogP contribution in [-0.2, 0) is 0 Å². The number of ether oxygens (including phenoxy) is 1. The van der Waals surface area contributed by atoms with Gasteiger partial charge in [0, 0.05) is 11.5 Å². The van der Waals surface area contributed by atoms with Crippen LogP contribution in [0.5, 0.6) is 5.75 Å². The highest BCUT2D eigenvalue weighted by Crippen LogP contribution is 2.33. The molecule has 6 heteroatoms. The number of aromatic nitrogens is 2. The van der Waals surface area contributed by atoms with E-state index in [-0.39, 0.29) is 11.5 Å². The molecule has 3 rings (SSSR count). The first-order valence-corrected chi connectivity index (χ1v) is 8.88. The lowest BCUT2D eigenvalue weighted by Crippen LogP contribution is -2.04. The standard InChI is InChI=1S/C17H20N2O3S/c1-21-14-9-5-8-13(10-14)15(20)11-23-17-19-18-16(22-17)12-6-3-2-4-7-12/h5,8-10,12H,2-4,6-7,11H2,1H3. The summed E-state index contributed by atoms with van der Waals surface area (Å²) >= 11 is 1.29. The van der Waals surface area contributed by atoms with Gasteiger partial charge in [0.05, 0.1) is 12.9 Å². The number of carbonyl (C=O) groups excluding carboxylic acids is 1. The van der Waals surface area contributed by atoms with Gasteiger partial charge in [-0.15, -0.1) is 10.2 Å². The Labute approximate surface area is 139 Å². The number of carbonyl (C=O) groups is 1. The Hall–Kier alpha value is -1.82. The summed E-state index contributed by atoms with van der Waals surface area (Å²) < 4.78 is 10.9. The second-order valence-corrected chi connectivity index (χ2v) is 6.61. The molecule has 0 N–H and O–H groups in total. The first kappa shape index (κ1) is 16.1. The maximum atomic E-state index is 12.2. The van der Waals surface area contributed by atoms with E-state index in [9.17, 15) is 4.79 Å². The Kier molecular flexibility index (Phi) is 5.33. The summed E-state index contributed by atoms with van der Waals surface area (Å²) in [5, 5.41) is 8.68. The van der Waals surface area contributed by atoms with E-state index in [1.54, 1.807) is 19.2 Å². The number of hydrogen-bond acceptors (Lipinski definition) is 6. The number of Topliss-reactive ketones (excluding diaryl/α,β-unsaturated/α-hetero) is 1. The van der Waals surface area contributed by atoms with Gasteiger partial charge < -0.3 is 9.15 Å². The monoisotopic (exact) mass is 332 g/mol. The molecule has 0 amide bonds. The van der Waals surface area contributed by atoms with E-state index < -0.39 is 0 Å². The Bertz CT molecular complexity index is 665. The molecule has 1 aromatic heterocycles. The predicted octanol–water partition coefficient (Wildman–Crippen LogP) is 4.10. The third kappa shape index (κ3) is 4.13. The number of hydrogen-bond donors (Lipinski definition) is 0. The van der Waals surface area contributed by atoms with Gasteiger partial charge in [-0.1, -0.05) is 43.2 Å². The van der Waals surface area contributed by atoms with E-state index in [0.29, 0.717) is 22.5 Å². The Balaban J connectivity index is 1.57. The molecule has 2 aromatic rings. The molecule has 0 spiro atoms. The van der Waals surface area contributed by atoms with Crippen molar-refractivity contribution >= 4 is 17.5 Å². The number of ketones is 1. The Morgan fingerprint density at radius 3 is 2.91 bits per heavy atom. The molecule has 1 aliphatic rings. The average Bonchev–Trinajstić information content (AvgIpc) is 3.09. The van der Waals surface area contributed by atoms with Crippen molar-refractivity contribution < 1.29 is 13.9 Å². The van der Waals surface area contributed by atoms with Gasteiger partial charge in [0.15, 0.2) is 5.78 Å². The topological polar surface area (TPSA) is 65.2 Å². The lowest BCUT2D eigenvalue weighted by Gasteiger charge is -2.17. The quantitative estimate of drug-likeness (QED) is 0.586. The molecule has 122 valence electrons. The van der Waals surface area contributed by atoms with Gasteiger partial charge in [0.2, 0.25) is 5.89 Å². The summed E-state index contributed by atoms with van der Waals surface area (Å²) in [5.41, 5.74) is 0.629. The highest BCUT2D eigenvalue weighted by molar-refractivity contribution is 7.99. The van der Waals surface area contributed by atoms with Crippen LogP contribution in [0.3, 0.4) is 0 Å². The average molecular weight is 332 g/mol. The largest absolute Gasteiger partial charge is 0.497 e. The van der Waals surface area contributed by atoms with Crippen LogP contribution in [0.2, 0.25) is 0 Å². The molecule has 0 saturated heterocycles. The van der Waals surface area contributed by atoms with Crippen molar-refractivity contribution in [2.24, 2.45) is 0 Å². The molecule has 0 radical (unpaired) electrons. The molecule has 1 fully saturated rings. The van der Waals surface area contributed by atoms with Gasteiger partial charge in [-0.05, 0) is 25.0 Å². The van der Waals surface area contributed by atoms with Crippen LogP contribution in [0.1, 0.15) is 54.3 Å². The molecule has 5 nitrogen and oxygen atoms in total. The first-order chi connectivity index (χ1) is 11.3. The first-order valence-electron chi connectivity index (χ1n) is 7.89. The van der Waals surface area contributed by atoms with E-state index in [1.807, 2.05) is 12.1 Å². The van der Waals surface area contributed by atoms with Crippen LogP contribution in [0.4, 0.5) is 0 Å². The third-order valence-corrected chi connectivity index (χ3v) is 4.91. The van der Waals surface area contributed by atoms with Crippen molar-refractivity contribution in [1.29, 1.82) is 0 Å². The molecule has 0 atom stereocenters. The normalized spacial score (nSPS) is 15.5. The van der Waals surface area contributed by atoms with Crippen molar-refractivity contribution in [3.63, 3.8) is 0 Å². The SMILES string of the molecule is COc1cccc(C(=O)CSc2nnc(C3CCCCC3)o2)c1. The van der Waals surface area contributed by atoms with Crippen LogP contribution in [0.15, 0.2) is 33.9 Å². The fourth-order valence-electron chi connectivity index (χ4n) is 2.80. The maximum Gasteiger partial charge on any atom is 0.277 e. The zero-order valence-corrected chi connectivity index (χ0v) is 14.0. The number of nitrogens with zero attached hydrogens (tertiary/aromatic N) is 2.